The molecule has 0 saturated heterocycles. The number of fused-ring (bicyclic) bond motifs is 3. The minimum absolute atomic E-state index is 0.0429. The van der Waals surface area contributed by atoms with Gasteiger partial charge in [-0.15, -0.1) is 10.2 Å². The van der Waals surface area contributed by atoms with E-state index in [2.05, 4.69) is 10.2 Å². The van der Waals surface area contributed by atoms with Crippen molar-refractivity contribution in [1.29, 1.82) is 0 Å². The van der Waals surface area contributed by atoms with Crippen molar-refractivity contribution in [2.45, 2.75) is 59.1 Å². The number of hydrogen-bond donors (Lipinski definition) is 0. The second-order valence-corrected chi connectivity index (χ2v) is 8.72. The van der Waals surface area contributed by atoms with Crippen molar-refractivity contribution in [1.82, 2.24) is 14.8 Å². The molecular weight excluding hydrogens is 424 g/mol. The quantitative estimate of drug-likeness (QED) is 0.465. The lowest BCUT2D eigenvalue weighted by Crippen LogP contribution is -2.11. The normalized spacial score (nSPS) is 15.1. The molecule has 2 heterocycles. The zero-order valence-corrected chi connectivity index (χ0v) is 19.6. The summed E-state index contributed by atoms with van der Waals surface area (Å²) in [5, 5.41) is 9.39. The van der Waals surface area contributed by atoms with Crippen molar-refractivity contribution in [3.8, 4) is 11.4 Å². The molecule has 0 saturated carbocycles. The summed E-state index contributed by atoms with van der Waals surface area (Å²) in [7, 11) is 0. The van der Waals surface area contributed by atoms with Crippen LogP contribution in [0.4, 0.5) is 0 Å². The zero-order valence-electron chi connectivity index (χ0n) is 18.8. The number of ketones is 1. The summed E-state index contributed by atoms with van der Waals surface area (Å²) < 4.78 is 7.98. The van der Waals surface area contributed by atoms with E-state index in [1.807, 2.05) is 74.7 Å². The number of nitrogens with zero attached hydrogens (tertiary/aromatic N) is 4. The zero-order chi connectivity index (χ0) is 22.8. The number of hydrogen-bond acceptors (Lipinski definition) is 5. The van der Waals surface area contributed by atoms with Gasteiger partial charge in [-0.1, -0.05) is 30.7 Å². The lowest BCUT2D eigenvalue weighted by Gasteiger charge is -2.16. The lowest BCUT2D eigenvalue weighted by atomic mass is 9.99. The van der Waals surface area contributed by atoms with E-state index in [9.17, 15) is 4.79 Å². The number of aliphatic imine (C=N–C) groups is 1. The average Bonchev–Trinajstić information content (AvgIpc) is 3.06. The fourth-order valence-corrected chi connectivity index (χ4v) is 4.12. The molecule has 2 aromatic carbocycles. The number of ether oxygens (including phenoxy) is 1. The highest BCUT2D eigenvalue weighted by atomic mass is 35.5. The van der Waals surface area contributed by atoms with E-state index >= 15 is 0 Å². The number of halogens is 1. The standard InChI is InChI=1S/C25H27ClN4O2/c1-5-6-19(31)13-22-25-29-28-16(4)30(25)23-12-11-20(32-15(2)3)14-21(23)24(27-22)17-7-9-18(26)10-8-17/h7-12,14-15,22H,5-6,13H2,1-4H3/t22-/m0/s1. The average molecular weight is 451 g/mol. The van der Waals surface area contributed by atoms with Crippen LogP contribution in [-0.4, -0.2) is 32.4 Å². The van der Waals surface area contributed by atoms with Gasteiger partial charge in [0, 0.05) is 29.0 Å². The number of carbonyl (C=O) groups excluding carboxylic acids is 1. The van der Waals surface area contributed by atoms with E-state index < -0.39 is 6.04 Å². The van der Waals surface area contributed by atoms with E-state index in [1.165, 1.54) is 0 Å². The van der Waals surface area contributed by atoms with Gasteiger partial charge in [0.1, 0.15) is 23.4 Å². The molecule has 0 radical (unpaired) electrons. The fraction of sp³-hybridized carbons (Fsp3) is 0.360. The Kier molecular flexibility index (Phi) is 6.42. The van der Waals surface area contributed by atoms with Crippen LogP contribution in [0.15, 0.2) is 47.5 Å². The molecule has 3 aromatic rings. The van der Waals surface area contributed by atoms with Gasteiger partial charge in [0.2, 0.25) is 0 Å². The highest BCUT2D eigenvalue weighted by Crippen LogP contribution is 2.35. The predicted molar refractivity (Wildman–Crippen MR) is 126 cm³/mol. The maximum absolute atomic E-state index is 12.6. The highest BCUT2D eigenvalue weighted by Gasteiger charge is 2.29. The molecule has 6 nitrogen and oxygen atoms in total. The first kappa shape index (κ1) is 22.2. The highest BCUT2D eigenvalue weighted by molar-refractivity contribution is 6.30. The molecule has 0 spiro atoms. The van der Waals surface area contributed by atoms with E-state index in [1.54, 1.807) is 0 Å². The summed E-state index contributed by atoms with van der Waals surface area (Å²) in [5.41, 5.74) is 3.52. The van der Waals surface area contributed by atoms with Crippen LogP contribution in [0.25, 0.3) is 5.69 Å². The van der Waals surface area contributed by atoms with Crippen LogP contribution in [0.2, 0.25) is 5.02 Å². The Morgan fingerprint density at radius 3 is 2.59 bits per heavy atom. The fourth-order valence-electron chi connectivity index (χ4n) is 3.99. The molecule has 0 bridgehead atoms. The summed E-state index contributed by atoms with van der Waals surface area (Å²) in [6.45, 7) is 7.91. The van der Waals surface area contributed by atoms with Crippen LogP contribution in [-0.2, 0) is 4.79 Å². The lowest BCUT2D eigenvalue weighted by molar-refractivity contribution is -0.119. The van der Waals surface area contributed by atoms with Gasteiger partial charge < -0.3 is 4.74 Å². The van der Waals surface area contributed by atoms with Gasteiger partial charge >= 0.3 is 0 Å². The molecule has 7 heteroatoms. The van der Waals surface area contributed by atoms with Crippen molar-refractivity contribution >= 4 is 23.1 Å². The molecule has 1 atom stereocenters. The first-order valence-electron chi connectivity index (χ1n) is 11.0. The van der Waals surface area contributed by atoms with Gasteiger partial charge in [0.15, 0.2) is 5.82 Å². The Bertz CT molecular complexity index is 1170. The minimum Gasteiger partial charge on any atom is -0.491 e. The van der Waals surface area contributed by atoms with Crippen LogP contribution < -0.4 is 4.74 Å². The Labute approximate surface area is 193 Å². The first-order chi connectivity index (χ1) is 15.4. The van der Waals surface area contributed by atoms with E-state index in [4.69, 9.17) is 21.3 Å². The monoisotopic (exact) mass is 450 g/mol. The van der Waals surface area contributed by atoms with Crippen LogP contribution in [0.3, 0.4) is 0 Å². The maximum Gasteiger partial charge on any atom is 0.162 e. The molecule has 1 aliphatic rings. The molecule has 0 aliphatic carbocycles. The number of carbonyl (C=O) groups is 1. The summed E-state index contributed by atoms with van der Waals surface area (Å²) >= 11 is 6.15. The SMILES string of the molecule is CCCC(=O)C[C@@H]1N=C(c2ccc(Cl)cc2)c2cc(OC(C)C)ccc2-n2c(C)nnc21. The van der Waals surface area contributed by atoms with E-state index in [0.717, 1.165) is 40.5 Å². The Morgan fingerprint density at radius 1 is 1.16 bits per heavy atom. The van der Waals surface area contributed by atoms with Gasteiger partial charge in [0.05, 0.1) is 17.5 Å². The summed E-state index contributed by atoms with van der Waals surface area (Å²) in [6.07, 6.45) is 1.66. The second-order valence-electron chi connectivity index (χ2n) is 8.28. The smallest absolute Gasteiger partial charge is 0.162 e. The van der Waals surface area contributed by atoms with Gasteiger partial charge in [-0.3, -0.25) is 14.4 Å². The number of benzene rings is 2. The van der Waals surface area contributed by atoms with Gasteiger partial charge in [-0.05, 0) is 57.5 Å². The predicted octanol–water partition coefficient (Wildman–Crippen LogP) is 5.67. The van der Waals surface area contributed by atoms with Crippen molar-refractivity contribution < 1.29 is 9.53 Å². The third-order valence-electron chi connectivity index (χ3n) is 5.34. The Balaban J connectivity index is 1.94. The number of Topliss-reactive ketones (excluding diaryl/α,β-unsaturated/α-hetero) is 1. The molecule has 32 heavy (non-hydrogen) atoms. The molecule has 0 N–H and O–H groups in total. The number of aromatic nitrogens is 3. The molecule has 0 amide bonds. The summed E-state index contributed by atoms with van der Waals surface area (Å²) in [6, 6.07) is 13.1. The van der Waals surface area contributed by atoms with Gasteiger partial charge in [-0.2, -0.15) is 0 Å². The summed E-state index contributed by atoms with van der Waals surface area (Å²) in [5.74, 6) is 2.35. The molecule has 4 rings (SSSR count). The third kappa shape index (κ3) is 4.46. The maximum atomic E-state index is 12.6. The van der Waals surface area contributed by atoms with Crippen molar-refractivity contribution in [2.24, 2.45) is 4.99 Å². The second kappa shape index (κ2) is 9.25. The number of rotatable bonds is 7. The van der Waals surface area contributed by atoms with Crippen LogP contribution in [0, 0.1) is 6.92 Å². The third-order valence-corrected chi connectivity index (χ3v) is 5.59. The van der Waals surface area contributed by atoms with Crippen LogP contribution in [0.5, 0.6) is 5.75 Å². The van der Waals surface area contributed by atoms with Crippen LogP contribution >= 0.6 is 11.6 Å². The van der Waals surface area contributed by atoms with Crippen molar-refractivity contribution in [3.05, 3.63) is 70.3 Å². The van der Waals surface area contributed by atoms with Crippen molar-refractivity contribution in [2.75, 3.05) is 0 Å². The first-order valence-corrected chi connectivity index (χ1v) is 11.3. The Morgan fingerprint density at radius 2 is 1.91 bits per heavy atom. The largest absolute Gasteiger partial charge is 0.491 e. The minimum atomic E-state index is -0.428. The molecular formula is C25H27ClN4O2. The van der Waals surface area contributed by atoms with E-state index in [0.29, 0.717) is 17.3 Å². The van der Waals surface area contributed by atoms with Gasteiger partial charge in [-0.25, -0.2) is 0 Å². The Hall–Kier alpha value is -2.99. The van der Waals surface area contributed by atoms with Crippen LogP contribution in [0.1, 0.15) is 68.9 Å². The summed E-state index contributed by atoms with van der Waals surface area (Å²) in [4.78, 5) is 17.7. The molecule has 0 unspecified atom stereocenters. The number of aryl methyl sites for hydroxylation is 1. The molecule has 166 valence electrons. The molecule has 1 aliphatic heterocycles. The topological polar surface area (TPSA) is 69.4 Å². The molecule has 0 fully saturated rings. The van der Waals surface area contributed by atoms with Crippen molar-refractivity contribution in [3.63, 3.8) is 0 Å². The van der Waals surface area contributed by atoms with Gasteiger partial charge in [0.25, 0.3) is 0 Å². The van der Waals surface area contributed by atoms with E-state index in [-0.39, 0.29) is 18.3 Å². The molecule has 1 aromatic heterocycles.